The zero-order valence-electron chi connectivity index (χ0n) is 10.2. The van der Waals surface area contributed by atoms with E-state index in [1.165, 1.54) is 12.5 Å². The summed E-state index contributed by atoms with van der Waals surface area (Å²) < 4.78 is 10.5. The van der Waals surface area contributed by atoms with E-state index in [0.29, 0.717) is 0 Å². The molecule has 0 aliphatic heterocycles. The van der Waals surface area contributed by atoms with E-state index >= 15 is 0 Å². The Morgan fingerprint density at radius 3 is 2.14 bits per heavy atom. The monoisotopic (exact) mass is 219 g/mol. The van der Waals surface area contributed by atoms with Crippen molar-refractivity contribution in [1.82, 2.24) is 0 Å². The summed E-state index contributed by atoms with van der Waals surface area (Å²) in [6.45, 7) is 7.45. The number of hydrogen-bond acceptors (Lipinski definition) is 3. The van der Waals surface area contributed by atoms with E-state index in [1.807, 2.05) is 0 Å². The first-order valence-electron chi connectivity index (χ1n) is 5.22. The lowest BCUT2D eigenvalue weighted by Gasteiger charge is -2.26. The summed E-state index contributed by atoms with van der Waals surface area (Å²) in [5.41, 5.74) is 5.94. The minimum atomic E-state index is -0.931. The summed E-state index contributed by atoms with van der Waals surface area (Å²) in [7, 11) is 2.50. The molecule has 2 N–H and O–H groups in total. The van der Waals surface area contributed by atoms with E-state index in [2.05, 4.69) is 20.4 Å². The van der Waals surface area contributed by atoms with E-state index in [0.717, 1.165) is 6.54 Å². The van der Waals surface area contributed by atoms with Gasteiger partial charge in [0.05, 0.1) is 0 Å². The van der Waals surface area contributed by atoms with Crippen LogP contribution in [0, 0.1) is 5.41 Å². The van der Waals surface area contributed by atoms with Crippen LogP contribution in [0.4, 0.5) is 0 Å². The summed E-state index contributed by atoms with van der Waals surface area (Å²) in [4.78, 5) is 0. The van der Waals surface area contributed by atoms with E-state index in [1.54, 1.807) is 14.2 Å². The second-order valence-electron chi connectivity index (χ2n) is 4.72. The molecule has 0 rings (SSSR count). The van der Waals surface area contributed by atoms with Gasteiger partial charge in [-0.1, -0.05) is 26.4 Å². The molecular formula is C10H25NO2Si. The van der Waals surface area contributed by atoms with Gasteiger partial charge < -0.3 is 15.2 Å². The molecule has 86 valence electrons. The fourth-order valence-corrected chi connectivity index (χ4v) is 3.86. The lowest BCUT2D eigenvalue weighted by molar-refractivity contribution is -0.0471. The maximum atomic E-state index is 5.69. The van der Waals surface area contributed by atoms with Crippen LogP contribution >= 0.6 is 0 Å². The van der Waals surface area contributed by atoms with Gasteiger partial charge in [0.25, 0.3) is 0 Å². The van der Waals surface area contributed by atoms with Crippen molar-refractivity contribution in [3.05, 3.63) is 0 Å². The Kier molecular flexibility index (Phi) is 6.60. The SMILES string of the molecule is COC(OC)[SiH](C)CCC(C)(C)CN. The first-order valence-corrected chi connectivity index (χ1v) is 7.86. The Bertz CT molecular complexity index is 149. The maximum absolute atomic E-state index is 5.69. The highest BCUT2D eigenvalue weighted by molar-refractivity contribution is 6.58. The zero-order valence-corrected chi connectivity index (χ0v) is 11.3. The number of rotatable bonds is 7. The van der Waals surface area contributed by atoms with Gasteiger partial charge in [0.2, 0.25) is 0 Å². The van der Waals surface area contributed by atoms with Crippen molar-refractivity contribution < 1.29 is 9.47 Å². The van der Waals surface area contributed by atoms with Crippen LogP contribution in [0.2, 0.25) is 12.6 Å². The first kappa shape index (κ1) is 14.1. The van der Waals surface area contributed by atoms with Gasteiger partial charge in [-0.2, -0.15) is 0 Å². The minimum absolute atomic E-state index is 0.0450. The molecule has 0 aromatic heterocycles. The van der Waals surface area contributed by atoms with Crippen LogP contribution in [-0.2, 0) is 9.47 Å². The average Bonchev–Trinajstić information content (AvgIpc) is 2.17. The predicted octanol–water partition coefficient (Wildman–Crippen LogP) is 1.38. The molecule has 0 bridgehead atoms. The molecule has 0 aromatic rings. The summed E-state index contributed by atoms with van der Waals surface area (Å²) >= 11 is 0. The molecule has 0 saturated carbocycles. The normalized spacial score (nSPS) is 14.8. The second-order valence-corrected chi connectivity index (χ2v) is 7.80. The second kappa shape index (κ2) is 6.56. The molecule has 14 heavy (non-hydrogen) atoms. The van der Waals surface area contributed by atoms with Crippen LogP contribution in [0.5, 0.6) is 0 Å². The van der Waals surface area contributed by atoms with Gasteiger partial charge in [0, 0.05) is 14.2 Å². The van der Waals surface area contributed by atoms with Gasteiger partial charge in [0.15, 0.2) is 0 Å². The maximum Gasteiger partial charge on any atom is 0.137 e. The fraction of sp³-hybridized carbons (Fsp3) is 1.00. The van der Waals surface area contributed by atoms with Crippen LogP contribution in [-0.4, -0.2) is 35.5 Å². The summed E-state index contributed by atoms with van der Waals surface area (Å²) in [6, 6.07) is 1.22. The van der Waals surface area contributed by atoms with Crippen LogP contribution in [0.25, 0.3) is 0 Å². The average molecular weight is 219 g/mol. The molecule has 1 unspecified atom stereocenters. The van der Waals surface area contributed by atoms with Crippen molar-refractivity contribution in [3.8, 4) is 0 Å². The van der Waals surface area contributed by atoms with Gasteiger partial charge in [-0.3, -0.25) is 0 Å². The quantitative estimate of drug-likeness (QED) is 0.520. The van der Waals surface area contributed by atoms with E-state index in [4.69, 9.17) is 15.2 Å². The van der Waals surface area contributed by atoms with Crippen molar-refractivity contribution >= 4 is 8.80 Å². The standard InChI is InChI=1S/C10H25NO2Si/c1-10(2,8-11)6-7-14(5)9(12-3)13-4/h9,14H,6-8,11H2,1-5H3. The van der Waals surface area contributed by atoms with Gasteiger partial charge >= 0.3 is 0 Å². The predicted molar refractivity (Wildman–Crippen MR) is 63.1 cm³/mol. The van der Waals surface area contributed by atoms with E-state index < -0.39 is 8.80 Å². The fourth-order valence-electron chi connectivity index (χ4n) is 1.42. The molecule has 0 amide bonds. The first-order chi connectivity index (χ1) is 6.46. The highest BCUT2D eigenvalue weighted by atomic mass is 28.3. The Morgan fingerprint density at radius 2 is 1.79 bits per heavy atom. The molecule has 0 saturated heterocycles. The molecule has 4 heteroatoms. The van der Waals surface area contributed by atoms with Crippen molar-refractivity contribution in [2.45, 2.75) is 38.8 Å². The molecule has 0 spiro atoms. The molecule has 0 aliphatic rings. The molecule has 0 aromatic carbocycles. The number of nitrogens with two attached hydrogens (primary N) is 1. The number of hydrogen-bond donors (Lipinski definition) is 1. The van der Waals surface area contributed by atoms with Crippen molar-refractivity contribution in [2.75, 3.05) is 20.8 Å². The molecule has 0 fully saturated rings. The lowest BCUT2D eigenvalue weighted by Crippen LogP contribution is -2.33. The Morgan fingerprint density at radius 1 is 1.29 bits per heavy atom. The Labute approximate surface area is 89.6 Å². The van der Waals surface area contributed by atoms with Gasteiger partial charge in [-0.25, -0.2) is 0 Å². The molecular weight excluding hydrogens is 194 g/mol. The smallest absolute Gasteiger partial charge is 0.137 e. The summed E-state index contributed by atoms with van der Waals surface area (Å²) in [5.74, 6) is 0.0450. The largest absolute Gasteiger partial charge is 0.360 e. The molecule has 0 aliphatic carbocycles. The molecule has 3 nitrogen and oxygen atoms in total. The van der Waals surface area contributed by atoms with E-state index in [-0.39, 0.29) is 11.3 Å². The van der Waals surface area contributed by atoms with E-state index in [9.17, 15) is 0 Å². The summed E-state index contributed by atoms with van der Waals surface area (Å²) in [6.07, 6.45) is 1.17. The Hall–Kier alpha value is 0.0969. The molecule has 0 radical (unpaired) electrons. The van der Waals surface area contributed by atoms with Crippen LogP contribution in [0.1, 0.15) is 20.3 Å². The minimum Gasteiger partial charge on any atom is -0.360 e. The number of methoxy groups -OCH3 is 2. The highest BCUT2D eigenvalue weighted by Gasteiger charge is 2.22. The third-order valence-electron chi connectivity index (χ3n) is 2.76. The molecule has 0 heterocycles. The van der Waals surface area contributed by atoms with Gasteiger partial charge in [-0.05, 0) is 18.4 Å². The van der Waals surface area contributed by atoms with Crippen molar-refractivity contribution in [2.24, 2.45) is 11.1 Å². The third kappa shape index (κ3) is 5.10. The summed E-state index contributed by atoms with van der Waals surface area (Å²) in [5, 5.41) is 0. The van der Waals surface area contributed by atoms with Gasteiger partial charge in [0.1, 0.15) is 14.7 Å². The molecule has 1 atom stereocenters. The number of ether oxygens (including phenoxy) is 2. The topological polar surface area (TPSA) is 44.5 Å². The Balaban J connectivity index is 3.88. The van der Waals surface area contributed by atoms with Crippen LogP contribution < -0.4 is 5.73 Å². The lowest BCUT2D eigenvalue weighted by atomic mass is 9.91. The zero-order chi connectivity index (χ0) is 11.2. The highest BCUT2D eigenvalue weighted by Crippen LogP contribution is 2.22. The van der Waals surface area contributed by atoms with Gasteiger partial charge in [-0.15, -0.1) is 0 Å². The van der Waals surface area contributed by atoms with Crippen molar-refractivity contribution in [3.63, 3.8) is 0 Å². The van der Waals surface area contributed by atoms with Crippen LogP contribution in [0.15, 0.2) is 0 Å². The van der Waals surface area contributed by atoms with Crippen LogP contribution in [0.3, 0.4) is 0 Å². The van der Waals surface area contributed by atoms with Crippen molar-refractivity contribution in [1.29, 1.82) is 0 Å². The third-order valence-corrected chi connectivity index (χ3v) is 5.43.